The van der Waals surface area contributed by atoms with Crippen molar-refractivity contribution in [3.8, 4) is 0 Å². The van der Waals surface area contributed by atoms with E-state index in [0.29, 0.717) is 5.56 Å². The number of nitrogens with one attached hydrogen (secondary N) is 1. The van der Waals surface area contributed by atoms with Crippen LogP contribution in [0.3, 0.4) is 0 Å². The van der Waals surface area contributed by atoms with Gasteiger partial charge in [-0.05, 0) is 42.2 Å². The molecule has 0 radical (unpaired) electrons. The SMILES string of the molecule is NNC(=O)c1ccc(CN2CCCc3ccccc32)cc1. The van der Waals surface area contributed by atoms with E-state index in [9.17, 15) is 4.79 Å². The summed E-state index contributed by atoms with van der Waals surface area (Å²) in [4.78, 5) is 13.8. The first-order valence-corrected chi connectivity index (χ1v) is 7.20. The molecule has 0 spiro atoms. The molecule has 0 unspecified atom stereocenters. The standard InChI is InChI=1S/C17H19N3O/c18-19-17(21)15-9-7-13(8-10-15)12-20-11-3-5-14-4-1-2-6-16(14)20/h1-2,4,6-10H,3,5,11-12,18H2,(H,19,21). The van der Waals surface area contributed by atoms with E-state index in [0.717, 1.165) is 19.5 Å². The van der Waals surface area contributed by atoms with Gasteiger partial charge in [0.1, 0.15) is 0 Å². The topological polar surface area (TPSA) is 58.4 Å². The van der Waals surface area contributed by atoms with Crippen LogP contribution in [0.5, 0.6) is 0 Å². The van der Waals surface area contributed by atoms with Crippen LogP contribution >= 0.6 is 0 Å². The van der Waals surface area contributed by atoms with E-state index < -0.39 is 0 Å². The number of nitrogens with two attached hydrogens (primary N) is 1. The van der Waals surface area contributed by atoms with Crippen molar-refractivity contribution in [2.24, 2.45) is 5.84 Å². The molecule has 108 valence electrons. The Bertz CT molecular complexity index is 637. The molecule has 0 fully saturated rings. The summed E-state index contributed by atoms with van der Waals surface area (Å²) >= 11 is 0. The molecule has 4 heteroatoms. The molecular weight excluding hydrogens is 262 g/mol. The molecule has 1 amide bonds. The van der Waals surface area contributed by atoms with E-state index in [1.807, 2.05) is 24.3 Å². The van der Waals surface area contributed by atoms with Crippen LogP contribution in [0, 0.1) is 0 Å². The van der Waals surface area contributed by atoms with Gasteiger partial charge in [0, 0.05) is 24.3 Å². The van der Waals surface area contributed by atoms with E-state index in [-0.39, 0.29) is 5.91 Å². The zero-order valence-electron chi connectivity index (χ0n) is 11.9. The van der Waals surface area contributed by atoms with Crippen LogP contribution in [0.2, 0.25) is 0 Å². The number of amides is 1. The molecule has 2 aromatic carbocycles. The highest BCUT2D eigenvalue weighted by molar-refractivity contribution is 5.93. The fraction of sp³-hybridized carbons (Fsp3) is 0.235. The van der Waals surface area contributed by atoms with Gasteiger partial charge in [-0.25, -0.2) is 5.84 Å². The average Bonchev–Trinajstić information content (AvgIpc) is 2.55. The lowest BCUT2D eigenvalue weighted by Gasteiger charge is -2.31. The minimum absolute atomic E-state index is 0.259. The summed E-state index contributed by atoms with van der Waals surface area (Å²) in [6.07, 6.45) is 2.34. The monoisotopic (exact) mass is 281 g/mol. The number of hydrogen-bond acceptors (Lipinski definition) is 3. The molecule has 1 aliphatic heterocycles. The first-order valence-electron chi connectivity index (χ1n) is 7.20. The van der Waals surface area contributed by atoms with Gasteiger partial charge in [0.25, 0.3) is 5.91 Å². The zero-order valence-corrected chi connectivity index (χ0v) is 11.9. The minimum atomic E-state index is -0.259. The second-order valence-electron chi connectivity index (χ2n) is 5.32. The molecule has 0 atom stereocenters. The average molecular weight is 281 g/mol. The second kappa shape index (κ2) is 5.97. The molecule has 0 saturated heterocycles. The highest BCUT2D eigenvalue weighted by Crippen LogP contribution is 2.28. The Kier molecular flexibility index (Phi) is 3.88. The molecule has 0 aromatic heterocycles. The lowest BCUT2D eigenvalue weighted by Crippen LogP contribution is -2.30. The van der Waals surface area contributed by atoms with Crippen molar-refractivity contribution in [1.29, 1.82) is 0 Å². The summed E-state index contributed by atoms with van der Waals surface area (Å²) in [6, 6.07) is 16.2. The Labute approximate surface area is 124 Å². The lowest BCUT2D eigenvalue weighted by atomic mass is 10.0. The van der Waals surface area contributed by atoms with Crippen molar-refractivity contribution in [3.63, 3.8) is 0 Å². The minimum Gasteiger partial charge on any atom is -0.367 e. The summed E-state index contributed by atoms with van der Waals surface area (Å²) in [7, 11) is 0. The Morgan fingerprint density at radius 3 is 2.67 bits per heavy atom. The Hall–Kier alpha value is -2.33. The molecule has 21 heavy (non-hydrogen) atoms. The molecule has 3 N–H and O–H groups in total. The summed E-state index contributed by atoms with van der Waals surface area (Å²) in [5.74, 6) is 4.88. The fourth-order valence-electron chi connectivity index (χ4n) is 2.84. The zero-order chi connectivity index (χ0) is 14.7. The third-order valence-corrected chi connectivity index (χ3v) is 3.93. The van der Waals surface area contributed by atoms with Crippen LogP contribution in [-0.4, -0.2) is 12.5 Å². The smallest absolute Gasteiger partial charge is 0.265 e. The second-order valence-corrected chi connectivity index (χ2v) is 5.32. The van der Waals surface area contributed by atoms with Crippen molar-refractivity contribution in [2.45, 2.75) is 19.4 Å². The Morgan fingerprint density at radius 2 is 1.90 bits per heavy atom. The first kappa shape index (κ1) is 13.6. The maximum Gasteiger partial charge on any atom is 0.265 e. The van der Waals surface area contributed by atoms with Crippen LogP contribution in [0.1, 0.15) is 27.9 Å². The number of hydrazine groups is 1. The van der Waals surface area contributed by atoms with Gasteiger partial charge in [-0.15, -0.1) is 0 Å². The van der Waals surface area contributed by atoms with Crippen LogP contribution in [-0.2, 0) is 13.0 Å². The third-order valence-electron chi connectivity index (χ3n) is 3.93. The molecule has 0 bridgehead atoms. The maximum atomic E-state index is 11.4. The fourth-order valence-corrected chi connectivity index (χ4v) is 2.84. The Morgan fingerprint density at radius 1 is 1.14 bits per heavy atom. The summed E-state index contributed by atoms with van der Waals surface area (Å²) in [5, 5.41) is 0. The van der Waals surface area contributed by atoms with Crippen LogP contribution < -0.4 is 16.2 Å². The van der Waals surface area contributed by atoms with Gasteiger partial charge in [0.15, 0.2) is 0 Å². The van der Waals surface area contributed by atoms with Crippen molar-refractivity contribution in [2.75, 3.05) is 11.4 Å². The summed E-state index contributed by atoms with van der Waals surface area (Å²) < 4.78 is 0. The number of carbonyl (C=O) groups is 1. The van der Waals surface area contributed by atoms with Gasteiger partial charge in [-0.3, -0.25) is 10.2 Å². The number of nitrogen functional groups attached to an aromatic ring is 1. The van der Waals surface area contributed by atoms with Gasteiger partial charge < -0.3 is 4.90 Å². The largest absolute Gasteiger partial charge is 0.367 e. The molecule has 0 saturated carbocycles. The predicted molar refractivity (Wildman–Crippen MR) is 83.9 cm³/mol. The van der Waals surface area contributed by atoms with Gasteiger partial charge in [0.2, 0.25) is 0 Å². The molecular formula is C17H19N3O. The Balaban J connectivity index is 1.77. The van der Waals surface area contributed by atoms with E-state index in [2.05, 4.69) is 34.6 Å². The quantitative estimate of drug-likeness (QED) is 0.515. The van der Waals surface area contributed by atoms with Gasteiger partial charge in [0.05, 0.1) is 0 Å². The van der Waals surface area contributed by atoms with Crippen LogP contribution in [0.4, 0.5) is 5.69 Å². The number of fused-ring (bicyclic) bond motifs is 1. The van der Waals surface area contributed by atoms with E-state index in [1.165, 1.54) is 23.2 Å². The van der Waals surface area contributed by atoms with Crippen molar-refractivity contribution >= 4 is 11.6 Å². The van der Waals surface area contributed by atoms with Crippen LogP contribution in [0.15, 0.2) is 48.5 Å². The molecule has 3 rings (SSSR count). The van der Waals surface area contributed by atoms with Gasteiger partial charge in [-0.2, -0.15) is 0 Å². The van der Waals surface area contributed by atoms with Gasteiger partial charge in [-0.1, -0.05) is 30.3 Å². The van der Waals surface area contributed by atoms with Crippen LogP contribution in [0.25, 0.3) is 0 Å². The maximum absolute atomic E-state index is 11.4. The summed E-state index contributed by atoms with van der Waals surface area (Å²) in [5.41, 5.74) is 6.67. The number of nitrogens with zero attached hydrogens (tertiary/aromatic N) is 1. The van der Waals surface area contributed by atoms with Crippen molar-refractivity contribution in [3.05, 3.63) is 65.2 Å². The van der Waals surface area contributed by atoms with E-state index in [1.54, 1.807) is 0 Å². The predicted octanol–water partition coefficient (Wildman–Crippen LogP) is 2.24. The normalized spacial score (nSPS) is 13.7. The molecule has 2 aromatic rings. The molecule has 4 nitrogen and oxygen atoms in total. The number of aryl methyl sites for hydroxylation is 1. The third kappa shape index (κ3) is 2.90. The molecule has 0 aliphatic carbocycles. The number of anilines is 1. The molecule has 1 aliphatic rings. The number of benzene rings is 2. The summed E-state index contributed by atoms with van der Waals surface area (Å²) in [6.45, 7) is 1.93. The van der Waals surface area contributed by atoms with E-state index in [4.69, 9.17) is 5.84 Å². The van der Waals surface area contributed by atoms with Gasteiger partial charge >= 0.3 is 0 Å². The first-order chi connectivity index (χ1) is 10.3. The van der Waals surface area contributed by atoms with Crippen molar-refractivity contribution in [1.82, 2.24) is 5.43 Å². The van der Waals surface area contributed by atoms with E-state index >= 15 is 0 Å². The highest BCUT2D eigenvalue weighted by Gasteiger charge is 2.16. The van der Waals surface area contributed by atoms with Crippen molar-refractivity contribution < 1.29 is 4.79 Å². The molecule has 1 heterocycles. The highest BCUT2D eigenvalue weighted by atomic mass is 16.2. The lowest BCUT2D eigenvalue weighted by molar-refractivity contribution is 0.0953. The number of para-hydroxylation sites is 1. The number of hydrogen-bond donors (Lipinski definition) is 2. The number of rotatable bonds is 3. The number of carbonyl (C=O) groups excluding carboxylic acids is 1.